The summed E-state index contributed by atoms with van der Waals surface area (Å²) < 4.78 is 5.25. The molecule has 1 saturated carbocycles. The van der Waals surface area contributed by atoms with Gasteiger partial charge in [0.15, 0.2) is 0 Å². The van der Waals surface area contributed by atoms with Crippen molar-refractivity contribution in [2.45, 2.75) is 64.5 Å². The van der Waals surface area contributed by atoms with Gasteiger partial charge >= 0.3 is 6.09 Å². The summed E-state index contributed by atoms with van der Waals surface area (Å²) in [4.78, 5) is 11.6. The Labute approximate surface area is 116 Å². The Bertz CT molecular complexity index is 308. The topological polar surface area (TPSA) is 50.4 Å². The molecule has 1 amide bonds. The summed E-state index contributed by atoms with van der Waals surface area (Å²) in [5, 5.41) is 6.54. The second kappa shape index (κ2) is 6.12. The van der Waals surface area contributed by atoms with Crippen molar-refractivity contribution in [3.8, 4) is 0 Å². The number of amides is 1. The Morgan fingerprint density at radius 1 is 1.32 bits per heavy atom. The molecule has 1 aliphatic carbocycles. The molecular formula is C15H28N2O2. The minimum atomic E-state index is -0.410. The van der Waals surface area contributed by atoms with Gasteiger partial charge in [0.2, 0.25) is 0 Å². The summed E-state index contributed by atoms with van der Waals surface area (Å²) in [5.74, 6) is 1.61. The molecule has 2 fully saturated rings. The molecule has 1 aliphatic heterocycles. The molecule has 1 heterocycles. The van der Waals surface area contributed by atoms with Crippen LogP contribution in [-0.4, -0.2) is 30.8 Å². The van der Waals surface area contributed by atoms with Crippen molar-refractivity contribution in [2.75, 3.05) is 13.1 Å². The van der Waals surface area contributed by atoms with Crippen LogP contribution in [0, 0.1) is 11.8 Å². The van der Waals surface area contributed by atoms with Crippen molar-refractivity contribution in [1.82, 2.24) is 10.6 Å². The predicted molar refractivity (Wildman–Crippen MR) is 76.1 cm³/mol. The maximum atomic E-state index is 11.6. The monoisotopic (exact) mass is 268 g/mol. The second-order valence-electron chi connectivity index (χ2n) is 6.94. The van der Waals surface area contributed by atoms with Gasteiger partial charge < -0.3 is 15.4 Å². The number of alkyl carbamates (subject to hydrolysis) is 1. The first-order chi connectivity index (χ1) is 8.96. The van der Waals surface area contributed by atoms with Crippen LogP contribution in [0.4, 0.5) is 4.79 Å². The van der Waals surface area contributed by atoms with Crippen molar-refractivity contribution >= 4 is 6.09 Å². The summed E-state index contributed by atoms with van der Waals surface area (Å²) in [6, 6.07) is 0.689. The number of ether oxygens (including phenoxy) is 1. The normalized spacial score (nSPS) is 27.9. The molecule has 0 bridgehead atoms. The van der Waals surface area contributed by atoms with Gasteiger partial charge in [-0.2, -0.15) is 0 Å². The highest BCUT2D eigenvalue weighted by atomic mass is 16.6. The molecule has 1 saturated heterocycles. The van der Waals surface area contributed by atoms with Gasteiger partial charge in [0.05, 0.1) is 0 Å². The van der Waals surface area contributed by atoms with Gasteiger partial charge in [-0.25, -0.2) is 4.79 Å². The minimum Gasteiger partial charge on any atom is -0.444 e. The molecule has 0 aromatic heterocycles. The van der Waals surface area contributed by atoms with Crippen LogP contribution in [0.3, 0.4) is 0 Å². The molecule has 0 aromatic carbocycles. The van der Waals surface area contributed by atoms with E-state index in [2.05, 4.69) is 10.6 Å². The Hall–Kier alpha value is -0.770. The molecule has 19 heavy (non-hydrogen) atoms. The van der Waals surface area contributed by atoms with E-state index in [9.17, 15) is 4.79 Å². The van der Waals surface area contributed by atoms with E-state index in [1.54, 1.807) is 0 Å². The van der Waals surface area contributed by atoms with Crippen LogP contribution < -0.4 is 10.6 Å². The molecular weight excluding hydrogens is 240 g/mol. The third kappa shape index (κ3) is 5.01. The van der Waals surface area contributed by atoms with Gasteiger partial charge in [-0.15, -0.1) is 0 Å². The summed E-state index contributed by atoms with van der Waals surface area (Å²) in [6.45, 7) is 7.56. The van der Waals surface area contributed by atoms with Crippen molar-refractivity contribution in [3.05, 3.63) is 0 Å². The largest absolute Gasteiger partial charge is 0.444 e. The molecule has 4 heteroatoms. The van der Waals surface area contributed by atoms with Gasteiger partial charge in [-0.05, 0) is 71.3 Å². The van der Waals surface area contributed by atoms with Crippen LogP contribution in [-0.2, 0) is 4.74 Å². The quantitative estimate of drug-likeness (QED) is 0.824. The van der Waals surface area contributed by atoms with Crippen molar-refractivity contribution in [2.24, 2.45) is 11.8 Å². The maximum absolute atomic E-state index is 11.6. The Kier molecular flexibility index (Phi) is 4.71. The molecule has 0 spiro atoms. The van der Waals surface area contributed by atoms with Crippen molar-refractivity contribution in [1.29, 1.82) is 0 Å². The molecule has 0 aromatic rings. The summed E-state index contributed by atoms with van der Waals surface area (Å²) in [6.07, 6.45) is 6.10. The van der Waals surface area contributed by atoms with Crippen LogP contribution in [0.2, 0.25) is 0 Å². The highest BCUT2D eigenvalue weighted by Gasteiger charge is 2.37. The first-order valence-corrected chi connectivity index (χ1v) is 7.66. The fourth-order valence-corrected chi connectivity index (χ4v) is 2.98. The van der Waals surface area contributed by atoms with Crippen LogP contribution in [0.15, 0.2) is 0 Å². The van der Waals surface area contributed by atoms with E-state index in [0.717, 1.165) is 31.3 Å². The third-order valence-corrected chi connectivity index (χ3v) is 3.95. The minimum absolute atomic E-state index is 0.292. The molecule has 2 aliphatic rings. The number of hydrogen-bond donors (Lipinski definition) is 2. The summed E-state index contributed by atoms with van der Waals surface area (Å²) in [5.41, 5.74) is -0.410. The predicted octanol–water partition coefficient (Wildman–Crippen LogP) is 2.68. The average Bonchev–Trinajstić information content (AvgIpc) is 3.11. The van der Waals surface area contributed by atoms with E-state index in [-0.39, 0.29) is 6.09 Å². The number of hydrogen-bond acceptors (Lipinski definition) is 3. The van der Waals surface area contributed by atoms with Crippen LogP contribution in [0.1, 0.15) is 52.9 Å². The third-order valence-electron chi connectivity index (χ3n) is 3.95. The van der Waals surface area contributed by atoms with Crippen LogP contribution >= 0.6 is 0 Å². The zero-order valence-electron chi connectivity index (χ0n) is 12.5. The van der Waals surface area contributed by atoms with Crippen molar-refractivity contribution in [3.63, 3.8) is 0 Å². The van der Waals surface area contributed by atoms with Gasteiger partial charge in [-0.3, -0.25) is 0 Å². The number of nitrogens with one attached hydrogen (secondary N) is 2. The zero-order valence-corrected chi connectivity index (χ0v) is 12.5. The lowest BCUT2D eigenvalue weighted by Crippen LogP contribution is -2.44. The van der Waals surface area contributed by atoms with Gasteiger partial charge in [0, 0.05) is 12.6 Å². The Balaban J connectivity index is 1.67. The first kappa shape index (κ1) is 14.6. The number of piperidine rings is 1. The molecule has 2 N–H and O–H groups in total. The number of rotatable bonds is 4. The van der Waals surface area contributed by atoms with Gasteiger partial charge in [-0.1, -0.05) is 0 Å². The lowest BCUT2D eigenvalue weighted by Gasteiger charge is -2.33. The number of carbonyl (C=O) groups excluding carboxylic acids is 1. The van der Waals surface area contributed by atoms with E-state index in [4.69, 9.17) is 4.74 Å². The van der Waals surface area contributed by atoms with Crippen LogP contribution in [0.5, 0.6) is 0 Å². The fraction of sp³-hybridized carbons (Fsp3) is 0.933. The molecule has 2 atom stereocenters. The van der Waals surface area contributed by atoms with Crippen molar-refractivity contribution < 1.29 is 9.53 Å². The zero-order chi connectivity index (χ0) is 13.9. The standard InChI is InChI=1S/C15H28N2O2/c1-15(2,3)19-14(18)17-10-8-11-5-4-9-16-13(11)12-6-7-12/h11-13,16H,4-10H2,1-3H3,(H,17,18). The number of carbonyl (C=O) groups is 1. The average molecular weight is 268 g/mol. The lowest BCUT2D eigenvalue weighted by molar-refractivity contribution is 0.0522. The Morgan fingerprint density at radius 2 is 2.05 bits per heavy atom. The Morgan fingerprint density at radius 3 is 2.68 bits per heavy atom. The molecule has 2 unspecified atom stereocenters. The first-order valence-electron chi connectivity index (χ1n) is 7.66. The molecule has 4 nitrogen and oxygen atoms in total. The van der Waals surface area contributed by atoms with Gasteiger partial charge in [0.25, 0.3) is 0 Å². The summed E-state index contributed by atoms with van der Waals surface area (Å²) >= 11 is 0. The highest BCUT2D eigenvalue weighted by molar-refractivity contribution is 5.67. The maximum Gasteiger partial charge on any atom is 0.407 e. The molecule has 0 radical (unpaired) electrons. The molecule has 110 valence electrons. The summed E-state index contributed by atoms with van der Waals surface area (Å²) in [7, 11) is 0. The SMILES string of the molecule is CC(C)(C)OC(=O)NCCC1CCCNC1C1CC1. The lowest BCUT2D eigenvalue weighted by atomic mass is 9.85. The van der Waals surface area contributed by atoms with Crippen LogP contribution in [0.25, 0.3) is 0 Å². The van der Waals surface area contributed by atoms with E-state index >= 15 is 0 Å². The van der Waals surface area contributed by atoms with E-state index in [1.165, 1.54) is 25.7 Å². The molecule has 2 rings (SSSR count). The fourth-order valence-electron chi connectivity index (χ4n) is 2.98. The van der Waals surface area contributed by atoms with Gasteiger partial charge in [0.1, 0.15) is 5.60 Å². The second-order valence-corrected chi connectivity index (χ2v) is 6.94. The smallest absolute Gasteiger partial charge is 0.407 e. The van der Waals surface area contributed by atoms with E-state index in [0.29, 0.717) is 6.04 Å². The highest BCUT2D eigenvalue weighted by Crippen LogP contribution is 2.39. The van der Waals surface area contributed by atoms with E-state index in [1.807, 2.05) is 20.8 Å². The van der Waals surface area contributed by atoms with E-state index < -0.39 is 5.60 Å².